The normalized spacial score (nSPS) is 10.5. The van der Waals surface area contributed by atoms with Gasteiger partial charge in [0.25, 0.3) is 0 Å². The van der Waals surface area contributed by atoms with Gasteiger partial charge in [0.15, 0.2) is 0 Å². The van der Waals surface area contributed by atoms with Crippen LogP contribution in [-0.2, 0) is 5.60 Å². The van der Waals surface area contributed by atoms with Crippen molar-refractivity contribution < 1.29 is 20.1 Å². The predicted octanol–water partition coefficient (Wildman–Crippen LogP) is 2.28. The van der Waals surface area contributed by atoms with Gasteiger partial charge in [0.2, 0.25) is 0 Å². The van der Waals surface area contributed by atoms with Crippen LogP contribution in [0.1, 0.15) is 26.3 Å². The minimum Gasteiger partial charge on any atom is -0.508 e. The number of rotatable bonds is 2. The summed E-state index contributed by atoms with van der Waals surface area (Å²) in [7, 11) is 1.48. The first kappa shape index (κ1) is 16.0. The van der Waals surface area contributed by atoms with E-state index in [2.05, 4.69) is 0 Å². The molecule has 1 aromatic rings. The molecule has 0 radical (unpaired) electrons. The van der Waals surface area contributed by atoms with Crippen molar-refractivity contribution in [3.63, 3.8) is 0 Å². The van der Waals surface area contributed by atoms with Crippen LogP contribution in [0, 0.1) is 0 Å². The van der Waals surface area contributed by atoms with Crippen molar-refractivity contribution in [2.75, 3.05) is 13.7 Å². The van der Waals surface area contributed by atoms with Crippen LogP contribution in [-0.4, -0.2) is 29.0 Å². The molecule has 0 aliphatic heterocycles. The third-order valence-corrected chi connectivity index (χ3v) is 2.22. The Morgan fingerprint density at radius 2 is 1.82 bits per heavy atom. The lowest BCUT2D eigenvalue weighted by atomic mass is 9.97. The minimum absolute atomic E-state index is 0.0386. The van der Waals surface area contributed by atoms with Gasteiger partial charge < -0.3 is 20.1 Å². The van der Waals surface area contributed by atoms with E-state index in [1.54, 1.807) is 20.8 Å². The second-order valence-corrected chi connectivity index (χ2v) is 4.29. The van der Waals surface area contributed by atoms with Crippen LogP contribution in [0.5, 0.6) is 11.5 Å². The molecule has 0 aliphatic carbocycles. The first-order valence-electron chi connectivity index (χ1n) is 5.18. The van der Waals surface area contributed by atoms with Crippen molar-refractivity contribution in [2.45, 2.75) is 26.4 Å². The van der Waals surface area contributed by atoms with Crippen LogP contribution in [0.25, 0.3) is 0 Å². The number of hydrogen-bond acceptors (Lipinski definition) is 4. The van der Waals surface area contributed by atoms with E-state index in [0.717, 1.165) is 0 Å². The fourth-order valence-corrected chi connectivity index (χ4v) is 1.42. The highest BCUT2D eigenvalue weighted by atomic mass is 35.5. The molecular weight excluding hydrogens is 244 g/mol. The Bertz CT molecular complexity index is 358. The first-order chi connectivity index (χ1) is 7.77. The highest BCUT2D eigenvalue weighted by Gasteiger charge is 2.22. The van der Waals surface area contributed by atoms with E-state index in [-0.39, 0.29) is 12.4 Å². The standard InChI is InChI=1S/C10H13ClO3.C2H6O/c1-10(2,13)6-4-9(14-3)7(11)5-8(6)12;1-2-3/h4-5,12-13H,1-3H3;3H,2H2,1H3. The number of hydrogen-bond donors (Lipinski definition) is 3. The molecule has 3 N–H and O–H groups in total. The van der Waals surface area contributed by atoms with E-state index >= 15 is 0 Å². The molecule has 0 bridgehead atoms. The van der Waals surface area contributed by atoms with E-state index in [1.165, 1.54) is 19.2 Å². The summed E-state index contributed by atoms with van der Waals surface area (Å²) in [5.41, 5.74) is -0.735. The fraction of sp³-hybridized carbons (Fsp3) is 0.500. The van der Waals surface area contributed by atoms with Crippen LogP contribution in [0.3, 0.4) is 0 Å². The van der Waals surface area contributed by atoms with Gasteiger partial charge in [0.1, 0.15) is 11.5 Å². The molecule has 0 amide bonds. The van der Waals surface area contributed by atoms with Crippen LogP contribution < -0.4 is 4.74 Å². The molecule has 0 aliphatic rings. The van der Waals surface area contributed by atoms with E-state index in [9.17, 15) is 10.2 Å². The third-order valence-electron chi connectivity index (χ3n) is 1.93. The number of aliphatic hydroxyl groups is 2. The van der Waals surface area contributed by atoms with Gasteiger partial charge in [-0.15, -0.1) is 0 Å². The average molecular weight is 263 g/mol. The smallest absolute Gasteiger partial charge is 0.138 e. The van der Waals surface area contributed by atoms with Crippen LogP contribution in [0.15, 0.2) is 12.1 Å². The van der Waals surface area contributed by atoms with Crippen LogP contribution >= 0.6 is 11.6 Å². The molecule has 17 heavy (non-hydrogen) atoms. The Morgan fingerprint density at radius 1 is 1.35 bits per heavy atom. The number of halogens is 1. The lowest BCUT2D eigenvalue weighted by Gasteiger charge is -2.20. The number of phenolic OH excluding ortho intramolecular Hbond substituents is 1. The molecule has 0 heterocycles. The van der Waals surface area contributed by atoms with Crippen molar-refractivity contribution in [1.29, 1.82) is 0 Å². The van der Waals surface area contributed by atoms with Gasteiger partial charge in [-0.05, 0) is 26.8 Å². The van der Waals surface area contributed by atoms with Crippen molar-refractivity contribution in [2.24, 2.45) is 0 Å². The highest BCUT2D eigenvalue weighted by molar-refractivity contribution is 6.32. The van der Waals surface area contributed by atoms with E-state index in [1.807, 2.05) is 0 Å². The second-order valence-electron chi connectivity index (χ2n) is 3.88. The Kier molecular flexibility index (Phi) is 6.31. The summed E-state index contributed by atoms with van der Waals surface area (Å²) in [6.45, 7) is 5.09. The number of aromatic hydroxyl groups is 1. The van der Waals surface area contributed by atoms with E-state index in [4.69, 9.17) is 21.4 Å². The third kappa shape index (κ3) is 4.81. The zero-order valence-electron chi connectivity index (χ0n) is 10.5. The molecule has 1 rings (SSSR count). The van der Waals surface area contributed by atoms with Crippen LogP contribution in [0.4, 0.5) is 0 Å². The number of methoxy groups -OCH3 is 1. The van der Waals surface area contributed by atoms with Gasteiger partial charge in [0.05, 0.1) is 17.7 Å². The maximum Gasteiger partial charge on any atom is 0.138 e. The van der Waals surface area contributed by atoms with Gasteiger partial charge >= 0.3 is 0 Å². The highest BCUT2D eigenvalue weighted by Crippen LogP contribution is 2.36. The SMILES string of the molecule is CCO.COc1cc(C(C)(C)O)c(O)cc1Cl. The minimum atomic E-state index is -1.12. The van der Waals surface area contributed by atoms with Gasteiger partial charge in [-0.3, -0.25) is 0 Å². The molecular formula is C12H19ClO4. The largest absolute Gasteiger partial charge is 0.508 e. The molecule has 0 aromatic heterocycles. The number of aliphatic hydroxyl groups excluding tert-OH is 1. The molecule has 0 unspecified atom stereocenters. The average Bonchev–Trinajstić information content (AvgIpc) is 2.17. The number of phenols is 1. The topological polar surface area (TPSA) is 69.9 Å². The summed E-state index contributed by atoms with van der Waals surface area (Å²) in [4.78, 5) is 0. The quantitative estimate of drug-likeness (QED) is 0.765. The van der Waals surface area contributed by atoms with Crippen molar-refractivity contribution >= 4 is 11.6 Å². The van der Waals surface area contributed by atoms with E-state index in [0.29, 0.717) is 16.3 Å². The monoisotopic (exact) mass is 262 g/mol. The lowest BCUT2D eigenvalue weighted by molar-refractivity contribution is 0.0755. The number of ether oxygens (including phenoxy) is 1. The zero-order chi connectivity index (χ0) is 13.6. The summed E-state index contributed by atoms with van der Waals surface area (Å²) in [6.07, 6.45) is 0. The Labute approximate surface area is 106 Å². The summed E-state index contributed by atoms with van der Waals surface area (Å²) in [5, 5.41) is 27.2. The van der Waals surface area contributed by atoms with Gasteiger partial charge in [-0.1, -0.05) is 11.6 Å². The number of benzene rings is 1. The molecule has 0 saturated heterocycles. The first-order valence-corrected chi connectivity index (χ1v) is 5.55. The summed E-state index contributed by atoms with van der Waals surface area (Å²) >= 11 is 5.79. The van der Waals surface area contributed by atoms with Crippen molar-refractivity contribution in [1.82, 2.24) is 0 Å². The zero-order valence-corrected chi connectivity index (χ0v) is 11.2. The summed E-state index contributed by atoms with van der Waals surface area (Å²) in [5.74, 6) is 0.393. The van der Waals surface area contributed by atoms with Gasteiger partial charge in [-0.2, -0.15) is 0 Å². The van der Waals surface area contributed by atoms with Crippen molar-refractivity contribution in [3.05, 3.63) is 22.7 Å². The van der Waals surface area contributed by atoms with Crippen LogP contribution in [0.2, 0.25) is 5.02 Å². The molecule has 0 spiro atoms. The Hall–Kier alpha value is -0.970. The Balaban J connectivity index is 0.000000770. The lowest BCUT2D eigenvalue weighted by Crippen LogP contribution is -2.15. The molecule has 1 aromatic carbocycles. The Morgan fingerprint density at radius 3 is 2.18 bits per heavy atom. The maximum atomic E-state index is 9.72. The molecule has 98 valence electrons. The van der Waals surface area contributed by atoms with Gasteiger partial charge in [0, 0.05) is 18.2 Å². The summed E-state index contributed by atoms with van der Waals surface area (Å²) < 4.78 is 4.98. The van der Waals surface area contributed by atoms with Gasteiger partial charge in [-0.25, -0.2) is 0 Å². The molecule has 5 heteroatoms. The molecule has 0 atom stereocenters. The van der Waals surface area contributed by atoms with E-state index < -0.39 is 5.60 Å². The fourth-order valence-electron chi connectivity index (χ4n) is 1.19. The maximum absolute atomic E-state index is 9.72. The molecule has 0 saturated carbocycles. The summed E-state index contributed by atoms with van der Waals surface area (Å²) in [6, 6.07) is 2.88. The molecule has 0 fully saturated rings. The predicted molar refractivity (Wildman–Crippen MR) is 67.7 cm³/mol. The molecule has 4 nitrogen and oxygen atoms in total. The van der Waals surface area contributed by atoms with Crippen molar-refractivity contribution in [3.8, 4) is 11.5 Å². The second kappa shape index (κ2) is 6.69.